The normalized spacial score (nSPS) is 15.1. The molecular formula is C21H21F3N4O5S. The van der Waals surface area contributed by atoms with E-state index < -0.39 is 46.3 Å². The van der Waals surface area contributed by atoms with Crippen LogP contribution in [0.2, 0.25) is 0 Å². The van der Waals surface area contributed by atoms with Gasteiger partial charge in [-0.25, -0.2) is 17.6 Å². The summed E-state index contributed by atoms with van der Waals surface area (Å²) in [7, 11) is -3.21. The fourth-order valence-electron chi connectivity index (χ4n) is 3.16. The van der Waals surface area contributed by atoms with E-state index in [1.807, 2.05) is 5.32 Å². The molecule has 0 atom stereocenters. The van der Waals surface area contributed by atoms with E-state index in [0.29, 0.717) is 11.4 Å². The third-order valence-electron chi connectivity index (χ3n) is 5.07. The van der Waals surface area contributed by atoms with Gasteiger partial charge in [0.1, 0.15) is 5.82 Å². The van der Waals surface area contributed by atoms with Crippen molar-refractivity contribution in [3.05, 3.63) is 59.7 Å². The quantitative estimate of drug-likeness (QED) is 0.581. The third kappa shape index (κ3) is 6.53. The van der Waals surface area contributed by atoms with E-state index in [0.717, 1.165) is 0 Å². The van der Waals surface area contributed by atoms with Gasteiger partial charge in [0.25, 0.3) is 5.91 Å². The lowest BCUT2D eigenvalue weighted by molar-refractivity contribution is -0.131. The molecule has 0 saturated carbocycles. The lowest BCUT2D eigenvalue weighted by atomic mass is 10.1. The Balaban J connectivity index is 1.74. The number of amides is 3. The number of carbonyl (C=O) groups excluding carboxylic acids is 3. The molecule has 1 fully saturated rings. The molecule has 13 heteroatoms. The number of ketones is 1. The molecule has 3 amide bonds. The lowest BCUT2D eigenvalue weighted by Crippen LogP contribution is -2.49. The highest BCUT2D eigenvalue weighted by atomic mass is 32.2. The first-order chi connectivity index (χ1) is 16.1. The molecule has 1 aromatic heterocycles. The molecule has 1 aliphatic heterocycles. The van der Waals surface area contributed by atoms with Gasteiger partial charge in [0.2, 0.25) is 0 Å². The molecule has 0 aliphatic carbocycles. The summed E-state index contributed by atoms with van der Waals surface area (Å²) in [5.41, 5.74) is 0.783. The molecule has 2 aromatic rings. The van der Waals surface area contributed by atoms with Crippen molar-refractivity contribution in [3.63, 3.8) is 0 Å². The van der Waals surface area contributed by atoms with Gasteiger partial charge in [-0.05, 0) is 36.4 Å². The highest BCUT2D eigenvalue weighted by Crippen LogP contribution is 2.20. The summed E-state index contributed by atoms with van der Waals surface area (Å²) in [5.74, 6) is -3.01. The standard InChI is InChI=1S/C21H21F3N4O5S/c22-15-2-5-17(6-3-15)28(21(31)27-7-9-34(32,33)10-8-27)13-16-4-1-14(11-25-16)18(29)12-26-20(30)19(23)24/h1-6,11,19H,7-10,12-13H2,(H,26,30). The van der Waals surface area contributed by atoms with Crippen LogP contribution in [0.15, 0.2) is 42.6 Å². The van der Waals surface area contributed by atoms with Crippen molar-refractivity contribution in [3.8, 4) is 0 Å². The summed E-state index contributed by atoms with van der Waals surface area (Å²) in [4.78, 5) is 43.0. The van der Waals surface area contributed by atoms with Crippen LogP contribution in [0.1, 0.15) is 16.1 Å². The maximum Gasteiger partial charge on any atom is 0.324 e. The van der Waals surface area contributed by atoms with E-state index in [9.17, 15) is 36.0 Å². The van der Waals surface area contributed by atoms with E-state index in [-0.39, 0.29) is 36.7 Å². The summed E-state index contributed by atoms with van der Waals surface area (Å²) in [6.07, 6.45) is -2.05. The fourth-order valence-corrected chi connectivity index (χ4v) is 4.36. The maximum absolute atomic E-state index is 13.4. The fraction of sp³-hybridized carbons (Fsp3) is 0.333. The Morgan fingerprint density at radius 3 is 2.26 bits per heavy atom. The van der Waals surface area contributed by atoms with E-state index in [1.54, 1.807) is 0 Å². The minimum atomic E-state index is -3.23. The van der Waals surface area contributed by atoms with Crippen LogP contribution in [0.5, 0.6) is 0 Å². The second kappa shape index (κ2) is 10.6. The molecule has 0 radical (unpaired) electrons. The van der Waals surface area contributed by atoms with Gasteiger partial charge in [0.05, 0.1) is 30.3 Å². The summed E-state index contributed by atoms with van der Waals surface area (Å²) in [6, 6.07) is 7.50. The van der Waals surface area contributed by atoms with Gasteiger partial charge in [-0.2, -0.15) is 8.78 Å². The molecule has 3 rings (SSSR count). The Morgan fingerprint density at radius 2 is 1.71 bits per heavy atom. The van der Waals surface area contributed by atoms with Crippen LogP contribution in [-0.2, 0) is 21.2 Å². The largest absolute Gasteiger partial charge is 0.344 e. The first-order valence-corrected chi connectivity index (χ1v) is 11.9. The molecule has 34 heavy (non-hydrogen) atoms. The molecule has 182 valence electrons. The number of aromatic nitrogens is 1. The van der Waals surface area contributed by atoms with Crippen LogP contribution in [0.4, 0.5) is 23.7 Å². The first kappa shape index (κ1) is 25.1. The lowest BCUT2D eigenvalue weighted by Gasteiger charge is -2.32. The van der Waals surface area contributed by atoms with Gasteiger partial charge < -0.3 is 10.2 Å². The molecule has 1 aromatic carbocycles. The Kier molecular flexibility index (Phi) is 7.87. The monoisotopic (exact) mass is 498 g/mol. The third-order valence-corrected chi connectivity index (χ3v) is 6.68. The predicted molar refractivity (Wildman–Crippen MR) is 116 cm³/mol. The molecule has 0 unspecified atom stereocenters. The summed E-state index contributed by atoms with van der Waals surface area (Å²) < 4.78 is 61.3. The predicted octanol–water partition coefficient (Wildman–Crippen LogP) is 1.64. The Labute approximate surface area is 193 Å². The number of hydrogen-bond donors (Lipinski definition) is 1. The second-order valence-electron chi connectivity index (χ2n) is 7.46. The molecule has 9 nitrogen and oxygen atoms in total. The summed E-state index contributed by atoms with van der Waals surface area (Å²) in [5, 5.41) is 1.81. The van der Waals surface area contributed by atoms with Crippen LogP contribution in [0.25, 0.3) is 0 Å². The minimum Gasteiger partial charge on any atom is -0.344 e. The smallest absolute Gasteiger partial charge is 0.324 e. The molecule has 0 spiro atoms. The number of sulfone groups is 1. The van der Waals surface area contributed by atoms with E-state index >= 15 is 0 Å². The van der Waals surface area contributed by atoms with E-state index in [1.165, 1.54) is 52.4 Å². The van der Waals surface area contributed by atoms with Crippen molar-refractivity contribution in [2.75, 3.05) is 36.0 Å². The topological polar surface area (TPSA) is 117 Å². The summed E-state index contributed by atoms with van der Waals surface area (Å²) >= 11 is 0. The number of halogens is 3. The Bertz CT molecular complexity index is 1140. The van der Waals surface area contributed by atoms with Crippen molar-refractivity contribution in [1.82, 2.24) is 15.2 Å². The van der Waals surface area contributed by atoms with E-state index in [4.69, 9.17) is 0 Å². The molecule has 2 heterocycles. The SMILES string of the molecule is O=C(CNC(=O)C(F)F)c1ccc(CN(C(=O)N2CCS(=O)(=O)CC2)c2ccc(F)cc2)nc1. The highest BCUT2D eigenvalue weighted by molar-refractivity contribution is 7.91. The molecule has 1 N–H and O–H groups in total. The van der Waals surface area contributed by atoms with Crippen molar-refractivity contribution < 1.29 is 36.0 Å². The number of pyridine rings is 1. The summed E-state index contributed by atoms with van der Waals surface area (Å²) in [6.45, 7) is -0.652. The number of benzene rings is 1. The van der Waals surface area contributed by atoms with Crippen LogP contribution in [0.3, 0.4) is 0 Å². The van der Waals surface area contributed by atoms with Gasteiger partial charge in [-0.1, -0.05) is 0 Å². The molecule has 0 bridgehead atoms. The van der Waals surface area contributed by atoms with Crippen molar-refractivity contribution in [1.29, 1.82) is 0 Å². The van der Waals surface area contributed by atoms with E-state index in [2.05, 4.69) is 4.98 Å². The minimum absolute atomic E-state index is 0.0179. The number of carbonyl (C=O) groups is 3. The van der Waals surface area contributed by atoms with Gasteiger partial charge in [0.15, 0.2) is 15.6 Å². The van der Waals surface area contributed by atoms with Crippen LogP contribution >= 0.6 is 0 Å². The second-order valence-corrected chi connectivity index (χ2v) is 9.77. The van der Waals surface area contributed by atoms with Crippen molar-refractivity contribution in [2.45, 2.75) is 13.0 Å². The van der Waals surface area contributed by atoms with Gasteiger partial charge in [0, 0.05) is 30.5 Å². The van der Waals surface area contributed by atoms with Crippen LogP contribution < -0.4 is 10.2 Å². The molecule has 1 aliphatic rings. The van der Waals surface area contributed by atoms with Crippen molar-refractivity contribution >= 4 is 33.2 Å². The Hall–Kier alpha value is -3.48. The van der Waals surface area contributed by atoms with Crippen LogP contribution in [-0.4, -0.2) is 73.6 Å². The van der Waals surface area contributed by atoms with Crippen LogP contribution in [0, 0.1) is 5.82 Å². The highest BCUT2D eigenvalue weighted by Gasteiger charge is 2.29. The molecular weight excluding hydrogens is 477 g/mol. The average Bonchev–Trinajstić information content (AvgIpc) is 2.81. The number of nitrogens with one attached hydrogen (secondary N) is 1. The van der Waals surface area contributed by atoms with Gasteiger partial charge >= 0.3 is 12.5 Å². The zero-order valence-corrected chi connectivity index (χ0v) is 18.6. The Morgan fingerprint density at radius 1 is 1.06 bits per heavy atom. The van der Waals surface area contributed by atoms with Gasteiger partial charge in [-0.3, -0.25) is 19.5 Å². The number of nitrogens with zero attached hydrogens (tertiary/aromatic N) is 3. The number of Topliss-reactive ketones (excluding diaryl/α,β-unsaturated/α-hetero) is 1. The average molecular weight is 498 g/mol. The zero-order valence-electron chi connectivity index (χ0n) is 17.8. The zero-order chi connectivity index (χ0) is 24.9. The number of alkyl halides is 2. The molecule has 1 saturated heterocycles. The number of rotatable bonds is 7. The first-order valence-electron chi connectivity index (χ1n) is 10.1. The maximum atomic E-state index is 13.4. The number of hydrogen-bond acceptors (Lipinski definition) is 6. The van der Waals surface area contributed by atoms with Crippen molar-refractivity contribution in [2.24, 2.45) is 0 Å². The number of anilines is 1. The number of urea groups is 1. The van der Waals surface area contributed by atoms with Gasteiger partial charge in [-0.15, -0.1) is 0 Å².